The van der Waals surface area contributed by atoms with E-state index in [9.17, 15) is 0 Å². The minimum absolute atomic E-state index is 0. The lowest BCUT2D eigenvalue weighted by molar-refractivity contribution is -0.719. The van der Waals surface area contributed by atoms with Gasteiger partial charge in [0.2, 0.25) is 0 Å². The van der Waals surface area contributed by atoms with Crippen molar-refractivity contribution >= 4 is 5.95 Å². The molecule has 0 bridgehead atoms. The molecule has 0 saturated carbocycles. The van der Waals surface area contributed by atoms with Crippen molar-refractivity contribution in [1.82, 2.24) is 15.1 Å². The molecule has 0 amide bonds. The van der Waals surface area contributed by atoms with Crippen LogP contribution in [0.4, 0.5) is 5.95 Å². The molecule has 1 aromatic heterocycles. The molecule has 0 atom stereocenters. The summed E-state index contributed by atoms with van der Waals surface area (Å²) in [5, 5.41) is 7.56. The molecular formula is C3H8IN5. The Labute approximate surface area is 69.8 Å². The average Bonchev–Trinajstić information content (AvgIpc) is 1.85. The monoisotopic (exact) mass is 241 g/mol. The Morgan fingerprint density at radius 1 is 1.67 bits per heavy atom. The van der Waals surface area contributed by atoms with E-state index in [2.05, 4.69) is 10.3 Å². The summed E-state index contributed by atoms with van der Waals surface area (Å²) < 4.78 is 1.50. The standard InChI is InChI=1S/C3H8N5.HI/c1-7-3(4)5-8(2)6-7;/h1-2H3,(H2,4,5,6);1H/q+1;/p-1. The zero-order valence-corrected chi connectivity index (χ0v) is 7.40. The predicted octanol–water partition coefficient (Wildman–Crippen LogP) is -4.77. The Hall–Kier alpha value is -0.400. The molecule has 5 nitrogen and oxygen atoms in total. The van der Waals surface area contributed by atoms with E-state index in [1.54, 1.807) is 14.1 Å². The molecule has 0 aliphatic heterocycles. The van der Waals surface area contributed by atoms with Crippen LogP contribution in [-0.4, -0.2) is 15.1 Å². The van der Waals surface area contributed by atoms with Gasteiger partial charge in [-0.1, -0.05) is 4.80 Å². The number of hydrogen-bond acceptors (Lipinski definition) is 3. The molecule has 1 aromatic rings. The number of nitrogens with two attached hydrogens (primary N) is 1. The van der Waals surface area contributed by atoms with Gasteiger partial charge in [0, 0.05) is 5.21 Å². The van der Waals surface area contributed by atoms with Crippen molar-refractivity contribution in [2.75, 3.05) is 5.73 Å². The fourth-order valence-corrected chi connectivity index (χ4v) is 0.473. The maximum atomic E-state index is 5.31. The smallest absolute Gasteiger partial charge is 0.395 e. The van der Waals surface area contributed by atoms with Crippen LogP contribution in [0, 0.1) is 0 Å². The highest BCUT2D eigenvalue weighted by atomic mass is 127. The minimum Gasteiger partial charge on any atom is -1.00 e. The van der Waals surface area contributed by atoms with Gasteiger partial charge >= 0.3 is 5.95 Å². The summed E-state index contributed by atoms with van der Waals surface area (Å²) in [5.41, 5.74) is 5.31. The second-order valence-electron chi connectivity index (χ2n) is 1.56. The number of tetrazole rings is 1. The number of hydrogen-bond donors (Lipinski definition) is 1. The molecule has 2 N–H and O–H groups in total. The largest absolute Gasteiger partial charge is 1.00 e. The summed E-state index contributed by atoms with van der Waals surface area (Å²) in [4.78, 5) is 1.41. The third-order valence-corrected chi connectivity index (χ3v) is 0.842. The Bertz CT molecular complexity index is 175. The molecule has 0 radical (unpaired) electrons. The molecule has 6 heteroatoms. The highest BCUT2D eigenvalue weighted by Crippen LogP contribution is 1.74. The quantitative estimate of drug-likeness (QED) is 0.366. The van der Waals surface area contributed by atoms with E-state index in [4.69, 9.17) is 5.73 Å². The van der Waals surface area contributed by atoms with E-state index in [0.717, 1.165) is 0 Å². The van der Waals surface area contributed by atoms with Gasteiger partial charge in [-0.25, -0.2) is 0 Å². The zero-order valence-electron chi connectivity index (χ0n) is 5.24. The Morgan fingerprint density at radius 3 is 2.33 bits per heavy atom. The lowest BCUT2D eigenvalue weighted by Crippen LogP contribution is -3.00. The van der Waals surface area contributed by atoms with Gasteiger partial charge in [-0.2, -0.15) is 0 Å². The maximum Gasteiger partial charge on any atom is 0.395 e. The molecule has 0 spiro atoms. The van der Waals surface area contributed by atoms with Gasteiger partial charge in [-0.3, -0.25) is 0 Å². The maximum absolute atomic E-state index is 5.31. The van der Waals surface area contributed by atoms with Crippen LogP contribution >= 0.6 is 0 Å². The van der Waals surface area contributed by atoms with Gasteiger partial charge in [0.1, 0.15) is 7.05 Å². The van der Waals surface area contributed by atoms with Crippen LogP contribution in [0.5, 0.6) is 0 Å². The predicted molar refractivity (Wildman–Crippen MR) is 26.6 cm³/mol. The summed E-state index contributed by atoms with van der Waals surface area (Å²) >= 11 is 0. The Morgan fingerprint density at radius 2 is 2.22 bits per heavy atom. The Balaban J connectivity index is 0.000000640. The lowest BCUT2D eigenvalue weighted by Gasteiger charge is -1.73. The number of aryl methyl sites for hydroxylation is 2. The van der Waals surface area contributed by atoms with Gasteiger partial charge in [-0.05, 0) is 0 Å². The van der Waals surface area contributed by atoms with Crippen LogP contribution in [0.2, 0.25) is 0 Å². The summed E-state index contributed by atoms with van der Waals surface area (Å²) in [6.07, 6.45) is 0. The normalized spacial score (nSPS) is 8.67. The third-order valence-electron chi connectivity index (χ3n) is 0.842. The molecule has 0 saturated heterocycles. The van der Waals surface area contributed by atoms with Crippen molar-refractivity contribution in [1.29, 1.82) is 0 Å². The van der Waals surface area contributed by atoms with Gasteiger partial charge in [0.05, 0.1) is 12.1 Å². The molecule has 0 unspecified atom stereocenters. The second kappa shape index (κ2) is 2.95. The lowest BCUT2D eigenvalue weighted by atomic mass is 11.0. The highest BCUT2D eigenvalue weighted by Gasteiger charge is 2.03. The molecule has 0 aliphatic carbocycles. The molecule has 1 heterocycles. The van der Waals surface area contributed by atoms with E-state index >= 15 is 0 Å². The first-order valence-corrected chi connectivity index (χ1v) is 2.23. The highest BCUT2D eigenvalue weighted by molar-refractivity contribution is 4.97. The number of nitrogen functional groups attached to an aromatic ring is 1. The van der Waals surface area contributed by atoms with Gasteiger partial charge < -0.3 is 29.7 Å². The summed E-state index contributed by atoms with van der Waals surface area (Å²) in [5.74, 6) is 0.424. The van der Waals surface area contributed by atoms with Crippen LogP contribution in [0.15, 0.2) is 0 Å². The molecule has 0 aliphatic rings. The van der Waals surface area contributed by atoms with Crippen LogP contribution in [0.25, 0.3) is 0 Å². The van der Waals surface area contributed by atoms with E-state index in [1.807, 2.05) is 0 Å². The van der Waals surface area contributed by atoms with Crippen molar-refractivity contribution in [2.24, 2.45) is 14.1 Å². The van der Waals surface area contributed by atoms with Crippen molar-refractivity contribution in [2.45, 2.75) is 0 Å². The van der Waals surface area contributed by atoms with E-state index < -0.39 is 0 Å². The Kier molecular flexibility index (Phi) is 2.82. The molecule has 1 rings (SSSR count). The summed E-state index contributed by atoms with van der Waals surface area (Å²) in [7, 11) is 3.46. The molecule has 9 heavy (non-hydrogen) atoms. The SMILES string of the molecule is Cn1nc(N)[n+](C)n1.[I-]. The van der Waals surface area contributed by atoms with E-state index in [-0.39, 0.29) is 24.0 Å². The topological polar surface area (TPSA) is 60.6 Å². The zero-order chi connectivity index (χ0) is 6.15. The van der Waals surface area contributed by atoms with Crippen molar-refractivity contribution in [3.8, 4) is 0 Å². The summed E-state index contributed by atoms with van der Waals surface area (Å²) in [6.45, 7) is 0. The van der Waals surface area contributed by atoms with Crippen molar-refractivity contribution < 1.29 is 28.7 Å². The molecule has 0 aromatic carbocycles. The van der Waals surface area contributed by atoms with Crippen LogP contribution in [0.3, 0.4) is 0 Å². The van der Waals surface area contributed by atoms with Gasteiger partial charge in [-0.15, -0.1) is 4.68 Å². The number of aromatic nitrogens is 4. The number of anilines is 1. The van der Waals surface area contributed by atoms with Gasteiger partial charge in [0.25, 0.3) is 0 Å². The number of nitrogens with zero attached hydrogens (tertiary/aromatic N) is 4. The molecule has 52 valence electrons. The van der Waals surface area contributed by atoms with E-state index in [1.165, 1.54) is 9.48 Å². The fraction of sp³-hybridized carbons (Fsp3) is 0.667. The van der Waals surface area contributed by atoms with Crippen LogP contribution in [0.1, 0.15) is 0 Å². The average molecular weight is 241 g/mol. The fourth-order valence-electron chi connectivity index (χ4n) is 0.473. The summed E-state index contributed by atoms with van der Waals surface area (Å²) in [6, 6.07) is 0. The number of halogens is 1. The first-order chi connectivity index (χ1) is 3.70. The molecule has 0 fully saturated rings. The first-order valence-electron chi connectivity index (χ1n) is 2.23. The third kappa shape index (κ3) is 1.77. The van der Waals surface area contributed by atoms with Gasteiger partial charge in [0.15, 0.2) is 0 Å². The number of rotatable bonds is 0. The van der Waals surface area contributed by atoms with Crippen LogP contribution < -0.4 is 34.4 Å². The first kappa shape index (κ1) is 8.60. The van der Waals surface area contributed by atoms with Crippen molar-refractivity contribution in [3.05, 3.63) is 0 Å². The minimum atomic E-state index is 0. The van der Waals surface area contributed by atoms with Crippen LogP contribution in [-0.2, 0) is 14.1 Å². The van der Waals surface area contributed by atoms with Crippen molar-refractivity contribution in [3.63, 3.8) is 0 Å². The molecular weight excluding hydrogens is 233 g/mol. The van der Waals surface area contributed by atoms with E-state index in [0.29, 0.717) is 5.95 Å². The second-order valence-corrected chi connectivity index (χ2v) is 1.56.